The smallest absolute Gasteiger partial charge is 0.460 e. The third-order valence-corrected chi connectivity index (χ3v) is 9.62. The maximum absolute atomic E-state index is 14.7. The number of alkyl carbamates (subject to hydrolysis) is 1. The zero-order chi connectivity index (χ0) is 50.7. The summed E-state index contributed by atoms with van der Waals surface area (Å²) < 4.78 is 21.6. The molecule has 2 aromatic carbocycles. The summed E-state index contributed by atoms with van der Waals surface area (Å²) in [4.78, 5) is 97.6. The molecule has 0 aliphatic carbocycles. The number of nitrogens with zero attached hydrogens (tertiary/aromatic N) is 1. The standard InChI is InChI=1S/C48H74N8O11/c1-29-25-32(64-45(63)67-48(9,10)11)26-30(2)33(29)28-37(55-41(60)35(22-18-24-52-43(50)51)56-44(62)66-47(6,7)8)42(61)53-34(21-16-13-17-23-38(57)65-46(3,4)5)40(59)54-36(39(49)58)27-31-19-14-12-15-20-31/h12,14-15,19-20,25-26,34-37H,13,16-18,21-24,27-28H2,1-11H3,(H2,49,58)(H,53,61)(H,54,59)(H,55,60)(H,56,62)(H4,50,51,52)/t34-,35-,36-,37-/m0/s1. The molecule has 4 atom stereocenters. The summed E-state index contributed by atoms with van der Waals surface area (Å²) in [5.41, 5.74) is 16.9. The second-order valence-electron chi connectivity index (χ2n) is 19.4. The normalized spacial score (nSPS) is 13.4. The van der Waals surface area contributed by atoms with Crippen molar-refractivity contribution in [3.63, 3.8) is 0 Å². The van der Waals surface area contributed by atoms with Crippen molar-refractivity contribution in [2.24, 2.45) is 22.2 Å². The van der Waals surface area contributed by atoms with E-state index in [0.29, 0.717) is 36.0 Å². The molecule has 372 valence electrons. The van der Waals surface area contributed by atoms with Crippen LogP contribution in [0.3, 0.4) is 0 Å². The van der Waals surface area contributed by atoms with Crippen LogP contribution in [0.5, 0.6) is 5.75 Å². The van der Waals surface area contributed by atoms with Gasteiger partial charge < -0.3 is 57.4 Å². The van der Waals surface area contributed by atoms with Crippen molar-refractivity contribution in [3.8, 4) is 5.75 Å². The summed E-state index contributed by atoms with van der Waals surface area (Å²) in [6.07, 6.45) is -0.0514. The third-order valence-electron chi connectivity index (χ3n) is 9.62. The van der Waals surface area contributed by atoms with Gasteiger partial charge in [-0.15, -0.1) is 0 Å². The molecule has 0 heterocycles. The molecule has 10 N–H and O–H groups in total. The van der Waals surface area contributed by atoms with Crippen molar-refractivity contribution in [2.45, 2.75) is 175 Å². The number of aryl methyl sites for hydroxylation is 2. The van der Waals surface area contributed by atoms with E-state index < -0.39 is 76.8 Å². The number of guanidine groups is 1. The molecule has 0 fully saturated rings. The molecule has 2 aromatic rings. The Balaban J connectivity index is 2.58. The predicted octanol–water partition coefficient (Wildman–Crippen LogP) is 4.58. The van der Waals surface area contributed by atoms with Crippen LogP contribution in [0.1, 0.15) is 130 Å². The number of ether oxygens (including phenoxy) is 4. The van der Waals surface area contributed by atoms with Crippen molar-refractivity contribution < 1.29 is 52.5 Å². The average molecular weight is 939 g/mol. The van der Waals surface area contributed by atoms with E-state index in [1.165, 1.54) is 0 Å². The molecular weight excluding hydrogens is 865 g/mol. The minimum absolute atomic E-state index is 0.0369. The molecule has 0 saturated carbocycles. The van der Waals surface area contributed by atoms with E-state index in [0.717, 1.165) is 5.56 Å². The monoisotopic (exact) mass is 939 g/mol. The maximum atomic E-state index is 14.7. The Bertz CT molecular complexity index is 2010. The number of nitrogens with one attached hydrogen (secondary N) is 4. The number of nitrogens with two attached hydrogens (primary N) is 3. The van der Waals surface area contributed by atoms with Crippen LogP contribution in [-0.2, 0) is 51.0 Å². The first-order chi connectivity index (χ1) is 31.0. The van der Waals surface area contributed by atoms with Gasteiger partial charge >= 0.3 is 18.2 Å². The van der Waals surface area contributed by atoms with E-state index >= 15 is 0 Å². The first kappa shape index (κ1) is 56.7. The Morgan fingerprint density at radius 1 is 0.597 bits per heavy atom. The zero-order valence-corrected chi connectivity index (χ0v) is 41.1. The van der Waals surface area contributed by atoms with E-state index in [-0.39, 0.29) is 62.7 Å². The van der Waals surface area contributed by atoms with E-state index in [1.54, 1.807) is 113 Å². The second-order valence-corrected chi connectivity index (χ2v) is 19.4. The van der Waals surface area contributed by atoms with Crippen molar-refractivity contribution in [3.05, 3.63) is 64.7 Å². The molecule has 0 saturated heterocycles. The van der Waals surface area contributed by atoms with E-state index in [2.05, 4.69) is 26.3 Å². The Labute approximate surface area is 394 Å². The topological polar surface area (TPSA) is 295 Å². The van der Waals surface area contributed by atoms with Gasteiger partial charge in [-0.1, -0.05) is 43.2 Å². The number of aliphatic imine (C=N–C) groups is 1. The summed E-state index contributed by atoms with van der Waals surface area (Å²) in [5, 5.41) is 10.9. The fraction of sp³-hybridized carbons (Fsp3) is 0.583. The maximum Gasteiger partial charge on any atom is 0.514 e. The van der Waals surface area contributed by atoms with Crippen LogP contribution in [0.2, 0.25) is 0 Å². The van der Waals surface area contributed by atoms with E-state index in [1.807, 2.05) is 6.07 Å². The molecular formula is C48H74N8O11. The lowest BCUT2D eigenvalue weighted by molar-refractivity contribution is -0.155. The van der Waals surface area contributed by atoms with Crippen molar-refractivity contribution in [1.29, 1.82) is 0 Å². The lowest BCUT2D eigenvalue weighted by Gasteiger charge is -2.28. The molecule has 0 aliphatic heterocycles. The molecule has 0 spiro atoms. The fourth-order valence-corrected chi connectivity index (χ4v) is 6.68. The number of esters is 1. The lowest BCUT2D eigenvalue weighted by atomic mass is 9.94. The first-order valence-electron chi connectivity index (χ1n) is 22.5. The summed E-state index contributed by atoms with van der Waals surface area (Å²) in [5.74, 6) is -3.37. The summed E-state index contributed by atoms with van der Waals surface area (Å²) >= 11 is 0. The Morgan fingerprint density at radius 3 is 1.64 bits per heavy atom. The van der Waals surface area contributed by atoms with Gasteiger partial charge in [0.2, 0.25) is 23.6 Å². The molecule has 0 unspecified atom stereocenters. The number of carbonyl (C=O) groups excluding carboxylic acids is 7. The molecule has 67 heavy (non-hydrogen) atoms. The summed E-state index contributed by atoms with van der Waals surface area (Å²) in [7, 11) is 0. The van der Waals surface area contributed by atoms with Crippen LogP contribution >= 0.6 is 0 Å². The van der Waals surface area contributed by atoms with Gasteiger partial charge in [-0.25, -0.2) is 9.59 Å². The highest BCUT2D eigenvalue weighted by molar-refractivity contribution is 5.95. The van der Waals surface area contributed by atoms with Crippen LogP contribution in [0.4, 0.5) is 9.59 Å². The van der Waals surface area contributed by atoms with Gasteiger partial charge in [-0.3, -0.25) is 29.0 Å². The molecule has 0 bridgehead atoms. The number of unbranched alkanes of at least 4 members (excludes halogenated alkanes) is 2. The Kier molecular flexibility index (Phi) is 22.1. The summed E-state index contributed by atoms with van der Waals surface area (Å²) in [6.45, 7) is 19.0. The zero-order valence-electron chi connectivity index (χ0n) is 41.1. The number of hydrogen-bond acceptors (Lipinski definition) is 12. The quantitative estimate of drug-likeness (QED) is 0.0201. The van der Waals surface area contributed by atoms with E-state index in [4.69, 9.17) is 36.1 Å². The van der Waals surface area contributed by atoms with Gasteiger partial charge in [0.1, 0.15) is 46.7 Å². The molecule has 0 aromatic heterocycles. The minimum Gasteiger partial charge on any atom is -0.460 e. The number of benzene rings is 2. The molecule has 0 aliphatic rings. The Morgan fingerprint density at radius 2 is 1.10 bits per heavy atom. The number of hydrogen-bond donors (Lipinski definition) is 7. The van der Waals surface area contributed by atoms with Crippen LogP contribution in [0, 0.1) is 13.8 Å². The minimum atomic E-state index is -1.37. The molecule has 19 nitrogen and oxygen atoms in total. The van der Waals surface area contributed by atoms with Gasteiger partial charge in [0, 0.05) is 25.8 Å². The number of amides is 5. The molecule has 0 radical (unpaired) electrons. The number of rotatable bonds is 23. The highest BCUT2D eigenvalue weighted by Crippen LogP contribution is 2.25. The third kappa shape index (κ3) is 23.6. The van der Waals surface area contributed by atoms with Crippen molar-refractivity contribution in [1.82, 2.24) is 21.3 Å². The van der Waals surface area contributed by atoms with Gasteiger partial charge in [0.25, 0.3) is 0 Å². The van der Waals surface area contributed by atoms with E-state index in [9.17, 15) is 33.6 Å². The second kappa shape index (κ2) is 26.1. The molecule has 2 rings (SSSR count). The van der Waals surface area contributed by atoms with Crippen LogP contribution in [-0.4, -0.2) is 95.3 Å². The van der Waals surface area contributed by atoms with Crippen molar-refractivity contribution in [2.75, 3.05) is 6.54 Å². The van der Waals surface area contributed by atoms with Gasteiger partial charge in [0.15, 0.2) is 5.96 Å². The lowest BCUT2D eigenvalue weighted by Crippen LogP contribution is -2.59. The molecule has 5 amide bonds. The van der Waals surface area contributed by atoms with Gasteiger partial charge in [0.05, 0.1) is 0 Å². The SMILES string of the molecule is Cc1cc(OC(=O)OC(C)(C)C)cc(C)c1C[C@H](NC(=O)[C@H](CCCN=C(N)N)NC(=O)OC(C)(C)C)C(=O)N[C@@H](CCCCCC(=O)OC(C)(C)C)C(=O)N[C@@H](Cc1ccccc1)C(N)=O. The number of primary amides is 1. The largest absolute Gasteiger partial charge is 0.514 e. The predicted molar refractivity (Wildman–Crippen MR) is 254 cm³/mol. The highest BCUT2D eigenvalue weighted by atomic mass is 16.7. The van der Waals surface area contributed by atoms with Crippen LogP contribution in [0.25, 0.3) is 0 Å². The summed E-state index contributed by atoms with van der Waals surface area (Å²) in [6, 6.07) is 7.13. The van der Waals surface area contributed by atoms with Crippen molar-refractivity contribution >= 4 is 47.8 Å². The van der Waals surface area contributed by atoms with Gasteiger partial charge in [-0.05, 0) is 136 Å². The fourth-order valence-electron chi connectivity index (χ4n) is 6.68. The first-order valence-corrected chi connectivity index (χ1v) is 22.5. The van der Waals surface area contributed by atoms with Crippen LogP contribution in [0.15, 0.2) is 47.5 Å². The number of carbonyl (C=O) groups is 7. The Hall–Kier alpha value is -6.40. The molecule has 19 heteroatoms. The highest BCUT2D eigenvalue weighted by Gasteiger charge is 2.33. The van der Waals surface area contributed by atoms with Gasteiger partial charge in [-0.2, -0.15) is 0 Å². The average Bonchev–Trinajstić information content (AvgIpc) is 3.17. The van der Waals surface area contributed by atoms with Crippen LogP contribution < -0.4 is 43.2 Å².